The van der Waals surface area contributed by atoms with Crippen molar-refractivity contribution in [2.75, 3.05) is 10.6 Å². The topological polar surface area (TPSA) is 48.8 Å². The van der Waals surface area contributed by atoms with Crippen molar-refractivity contribution in [1.29, 1.82) is 0 Å². The summed E-state index contributed by atoms with van der Waals surface area (Å²) >= 11 is 5.40. The van der Waals surface area contributed by atoms with Crippen LogP contribution >= 0.6 is 12.2 Å². The van der Waals surface area contributed by atoms with Crippen LogP contribution in [0, 0.1) is 13.8 Å². The molecule has 2 N–H and O–H groups in total. The van der Waals surface area contributed by atoms with Crippen LogP contribution < -0.4 is 10.6 Å². The fourth-order valence-electron chi connectivity index (χ4n) is 2.39. The summed E-state index contributed by atoms with van der Waals surface area (Å²) in [5, 5.41) is 15.4. The van der Waals surface area contributed by atoms with Gasteiger partial charge >= 0.3 is 0 Å². The molecule has 5 heteroatoms. The molecular weight excluding hydrogens is 340 g/mol. The van der Waals surface area contributed by atoms with Crippen molar-refractivity contribution < 1.29 is 0 Å². The monoisotopic (exact) mass is 360 g/mol. The van der Waals surface area contributed by atoms with Crippen LogP contribution in [0.4, 0.5) is 22.7 Å². The molecule has 0 aliphatic heterocycles. The number of aryl methyl sites for hydroxylation is 1. The molecule has 0 spiro atoms. The number of nitrogens with one attached hydrogen (secondary N) is 2. The summed E-state index contributed by atoms with van der Waals surface area (Å²) in [5.41, 5.74) is 5.93. The zero-order valence-corrected chi connectivity index (χ0v) is 15.5. The highest BCUT2D eigenvalue weighted by Gasteiger charge is 2.03. The second-order valence-corrected chi connectivity index (χ2v) is 6.32. The molecule has 0 unspecified atom stereocenters. The molecule has 0 radical (unpaired) electrons. The lowest BCUT2D eigenvalue weighted by Crippen LogP contribution is -2.19. The van der Waals surface area contributed by atoms with Crippen LogP contribution in [0.25, 0.3) is 0 Å². The molecule has 0 fully saturated rings. The first-order valence-corrected chi connectivity index (χ1v) is 8.74. The van der Waals surface area contributed by atoms with Gasteiger partial charge in [0.25, 0.3) is 0 Å². The molecular formula is C21H20N4S. The molecule has 3 aromatic carbocycles. The lowest BCUT2D eigenvalue weighted by Gasteiger charge is -2.13. The van der Waals surface area contributed by atoms with Crippen LogP contribution in [0.5, 0.6) is 0 Å². The van der Waals surface area contributed by atoms with Gasteiger partial charge in [0.15, 0.2) is 5.11 Å². The van der Waals surface area contributed by atoms with Gasteiger partial charge in [-0.05, 0) is 79.7 Å². The van der Waals surface area contributed by atoms with Gasteiger partial charge in [-0.25, -0.2) is 0 Å². The normalized spacial score (nSPS) is 10.7. The molecule has 4 nitrogen and oxygen atoms in total. The largest absolute Gasteiger partial charge is 0.332 e. The van der Waals surface area contributed by atoms with Crippen molar-refractivity contribution in [2.45, 2.75) is 13.8 Å². The van der Waals surface area contributed by atoms with Gasteiger partial charge in [0, 0.05) is 11.4 Å². The maximum Gasteiger partial charge on any atom is 0.175 e. The third-order valence-corrected chi connectivity index (χ3v) is 4.22. The van der Waals surface area contributed by atoms with E-state index in [2.05, 4.69) is 40.8 Å². The number of anilines is 2. The van der Waals surface area contributed by atoms with Gasteiger partial charge < -0.3 is 10.6 Å². The number of hydrogen-bond acceptors (Lipinski definition) is 3. The SMILES string of the molecule is Cc1cccc(NC(=S)Nc2ccc(N=Nc3ccccc3)cc2)c1C. The molecule has 130 valence electrons. The number of rotatable bonds is 4. The van der Waals surface area contributed by atoms with Gasteiger partial charge in [-0.2, -0.15) is 10.2 Å². The van der Waals surface area contributed by atoms with Gasteiger partial charge in [0.05, 0.1) is 11.4 Å². The van der Waals surface area contributed by atoms with Crippen molar-refractivity contribution in [3.05, 3.63) is 83.9 Å². The highest BCUT2D eigenvalue weighted by Crippen LogP contribution is 2.21. The smallest absolute Gasteiger partial charge is 0.175 e. The molecule has 3 rings (SSSR count). The van der Waals surface area contributed by atoms with E-state index in [9.17, 15) is 0 Å². The maximum atomic E-state index is 5.40. The van der Waals surface area contributed by atoms with Gasteiger partial charge in [-0.3, -0.25) is 0 Å². The van der Waals surface area contributed by atoms with Crippen LogP contribution in [0.15, 0.2) is 83.0 Å². The molecule has 0 atom stereocenters. The molecule has 0 saturated carbocycles. The van der Waals surface area contributed by atoms with Crippen LogP contribution in [0.2, 0.25) is 0 Å². The standard InChI is InChI=1S/C21H20N4S/c1-15-7-6-10-20(16(15)2)23-21(26)22-17-11-13-19(14-12-17)25-24-18-8-4-3-5-9-18/h3-14H,1-2H3,(H2,22,23,26). The number of thiocarbonyl (C=S) groups is 1. The highest BCUT2D eigenvalue weighted by atomic mass is 32.1. The number of nitrogens with zero attached hydrogens (tertiary/aromatic N) is 2. The van der Waals surface area contributed by atoms with Crippen molar-refractivity contribution in [3.8, 4) is 0 Å². The Hall–Kier alpha value is -3.05. The zero-order valence-electron chi connectivity index (χ0n) is 14.7. The van der Waals surface area contributed by atoms with Gasteiger partial charge in [-0.1, -0.05) is 30.3 Å². The van der Waals surface area contributed by atoms with E-state index in [1.165, 1.54) is 11.1 Å². The predicted molar refractivity (Wildman–Crippen MR) is 113 cm³/mol. The molecule has 0 saturated heterocycles. The third kappa shape index (κ3) is 4.74. The summed E-state index contributed by atoms with van der Waals surface area (Å²) in [6.45, 7) is 4.16. The Morgan fingerprint density at radius 2 is 1.38 bits per heavy atom. The van der Waals surface area contributed by atoms with E-state index in [0.717, 1.165) is 22.7 Å². The Kier molecular flexibility index (Phi) is 5.71. The average molecular weight is 360 g/mol. The van der Waals surface area contributed by atoms with E-state index >= 15 is 0 Å². The lowest BCUT2D eigenvalue weighted by atomic mass is 10.1. The van der Waals surface area contributed by atoms with E-state index in [1.54, 1.807) is 0 Å². The number of benzene rings is 3. The number of hydrogen-bond donors (Lipinski definition) is 2. The quantitative estimate of drug-likeness (QED) is 0.411. The second-order valence-electron chi connectivity index (χ2n) is 5.91. The maximum absolute atomic E-state index is 5.40. The van der Waals surface area contributed by atoms with Crippen LogP contribution in [0.3, 0.4) is 0 Å². The fourth-order valence-corrected chi connectivity index (χ4v) is 2.62. The van der Waals surface area contributed by atoms with Crippen molar-refractivity contribution in [3.63, 3.8) is 0 Å². The van der Waals surface area contributed by atoms with Crippen LogP contribution in [0.1, 0.15) is 11.1 Å². The van der Waals surface area contributed by atoms with Crippen molar-refractivity contribution in [1.82, 2.24) is 0 Å². The Balaban J connectivity index is 1.61. The Labute approximate surface area is 159 Å². The second kappa shape index (κ2) is 8.36. The first kappa shape index (κ1) is 17.8. The fraction of sp³-hybridized carbons (Fsp3) is 0.0952. The molecule has 26 heavy (non-hydrogen) atoms. The lowest BCUT2D eigenvalue weighted by molar-refractivity contribution is 1.23. The summed E-state index contributed by atoms with van der Waals surface area (Å²) in [6.07, 6.45) is 0. The summed E-state index contributed by atoms with van der Waals surface area (Å²) in [4.78, 5) is 0. The minimum Gasteiger partial charge on any atom is -0.332 e. The van der Waals surface area contributed by atoms with E-state index in [4.69, 9.17) is 12.2 Å². The van der Waals surface area contributed by atoms with Crippen LogP contribution in [-0.2, 0) is 0 Å². The molecule has 0 amide bonds. The third-order valence-electron chi connectivity index (χ3n) is 4.02. The first-order chi connectivity index (χ1) is 12.6. The molecule has 0 heterocycles. The number of azo groups is 1. The predicted octanol–water partition coefficient (Wildman–Crippen LogP) is 6.53. The Morgan fingerprint density at radius 3 is 2.08 bits per heavy atom. The summed E-state index contributed by atoms with van der Waals surface area (Å²) in [5.74, 6) is 0. The molecule has 3 aromatic rings. The highest BCUT2D eigenvalue weighted by molar-refractivity contribution is 7.80. The summed E-state index contributed by atoms with van der Waals surface area (Å²) < 4.78 is 0. The van der Waals surface area contributed by atoms with Crippen molar-refractivity contribution >= 4 is 40.1 Å². The van der Waals surface area contributed by atoms with Crippen LogP contribution in [-0.4, -0.2) is 5.11 Å². The molecule has 0 aliphatic rings. The molecule has 0 aliphatic carbocycles. The molecule has 0 aromatic heterocycles. The van der Waals surface area contributed by atoms with E-state index in [0.29, 0.717) is 5.11 Å². The minimum absolute atomic E-state index is 0.553. The average Bonchev–Trinajstić information content (AvgIpc) is 2.66. The Bertz CT molecular complexity index is 919. The first-order valence-electron chi connectivity index (χ1n) is 8.33. The van der Waals surface area contributed by atoms with Gasteiger partial charge in [0.1, 0.15) is 0 Å². The molecule has 0 bridgehead atoms. The van der Waals surface area contributed by atoms with E-state index < -0.39 is 0 Å². The Morgan fingerprint density at radius 1 is 0.731 bits per heavy atom. The van der Waals surface area contributed by atoms with E-state index in [1.807, 2.05) is 66.7 Å². The minimum atomic E-state index is 0.553. The zero-order chi connectivity index (χ0) is 18.4. The summed E-state index contributed by atoms with van der Waals surface area (Å²) in [6, 6.07) is 23.4. The van der Waals surface area contributed by atoms with Gasteiger partial charge in [-0.15, -0.1) is 0 Å². The summed E-state index contributed by atoms with van der Waals surface area (Å²) in [7, 11) is 0. The van der Waals surface area contributed by atoms with Gasteiger partial charge in [0.2, 0.25) is 0 Å². The van der Waals surface area contributed by atoms with Crippen molar-refractivity contribution in [2.24, 2.45) is 10.2 Å². The van der Waals surface area contributed by atoms with E-state index in [-0.39, 0.29) is 0 Å².